The van der Waals surface area contributed by atoms with Crippen LogP contribution in [0.5, 0.6) is 0 Å². The van der Waals surface area contributed by atoms with Crippen LogP contribution in [0, 0.1) is 5.82 Å². The summed E-state index contributed by atoms with van der Waals surface area (Å²) in [5.74, 6) is -0.315. The van der Waals surface area contributed by atoms with Gasteiger partial charge in [0.2, 0.25) is 0 Å². The predicted molar refractivity (Wildman–Crippen MR) is 102 cm³/mol. The summed E-state index contributed by atoms with van der Waals surface area (Å²) in [7, 11) is 0. The fourth-order valence-corrected chi connectivity index (χ4v) is 3.24. The van der Waals surface area contributed by atoms with Gasteiger partial charge < -0.3 is 15.5 Å². The summed E-state index contributed by atoms with van der Waals surface area (Å²) in [5.41, 5.74) is 2.80. The third kappa shape index (κ3) is 4.03. The van der Waals surface area contributed by atoms with Crippen LogP contribution in [-0.4, -0.2) is 18.2 Å². The van der Waals surface area contributed by atoms with E-state index in [1.54, 1.807) is 18.2 Å². The Balaban J connectivity index is 1.58. The topological polar surface area (TPSA) is 27.3 Å². The smallest absolute Gasteiger partial charge is 0.171 e. The van der Waals surface area contributed by atoms with Gasteiger partial charge in [0.1, 0.15) is 5.82 Å². The first-order valence-electron chi connectivity index (χ1n) is 8.30. The number of benzene rings is 2. The molecule has 2 aromatic carbocycles. The van der Waals surface area contributed by atoms with Crippen LogP contribution in [0.4, 0.5) is 15.8 Å². The van der Waals surface area contributed by atoms with Gasteiger partial charge in [-0.3, -0.25) is 0 Å². The van der Waals surface area contributed by atoms with Gasteiger partial charge in [-0.25, -0.2) is 4.39 Å². The van der Waals surface area contributed by atoms with Gasteiger partial charge >= 0.3 is 0 Å². The maximum absolute atomic E-state index is 13.6. The second-order valence-corrected chi connectivity index (χ2v) is 6.49. The van der Waals surface area contributed by atoms with Crippen molar-refractivity contribution < 1.29 is 4.39 Å². The molecule has 1 saturated heterocycles. The lowest BCUT2D eigenvalue weighted by atomic mass is 10.1. The molecule has 2 aromatic rings. The summed E-state index contributed by atoms with van der Waals surface area (Å²) in [6.07, 6.45) is 2.55. The number of anilines is 2. The van der Waals surface area contributed by atoms with E-state index in [2.05, 4.69) is 39.8 Å². The summed E-state index contributed by atoms with van der Waals surface area (Å²) >= 11 is 5.29. The van der Waals surface area contributed by atoms with Gasteiger partial charge in [-0.05, 0) is 61.8 Å². The van der Waals surface area contributed by atoms with E-state index in [0.29, 0.717) is 10.8 Å². The minimum absolute atomic E-state index is 0.0457. The molecule has 3 nitrogen and oxygen atoms in total. The molecule has 1 atom stereocenters. The van der Waals surface area contributed by atoms with E-state index in [-0.39, 0.29) is 11.9 Å². The zero-order valence-electron chi connectivity index (χ0n) is 13.8. The molecule has 1 unspecified atom stereocenters. The van der Waals surface area contributed by atoms with E-state index < -0.39 is 0 Å². The maximum atomic E-state index is 13.6. The second kappa shape index (κ2) is 7.62. The Morgan fingerprint density at radius 3 is 2.42 bits per heavy atom. The van der Waals surface area contributed by atoms with Crippen molar-refractivity contribution in [2.45, 2.75) is 25.8 Å². The third-order valence-electron chi connectivity index (χ3n) is 4.33. The normalized spacial score (nSPS) is 15.2. The number of hydrogen-bond acceptors (Lipinski definition) is 2. The van der Waals surface area contributed by atoms with Gasteiger partial charge in [-0.2, -0.15) is 0 Å². The molecule has 3 rings (SSSR count). The van der Waals surface area contributed by atoms with Crippen LogP contribution in [0.25, 0.3) is 0 Å². The third-order valence-corrected chi connectivity index (χ3v) is 4.55. The zero-order valence-corrected chi connectivity index (χ0v) is 14.6. The van der Waals surface area contributed by atoms with Crippen molar-refractivity contribution >= 4 is 28.7 Å². The SMILES string of the molecule is CC(NC(=S)Nc1ccccc1F)c1ccc(N2CCCC2)cc1. The van der Waals surface area contributed by atoms with Gasteiger partial charge in [-0.15, -0.1) is 0 Å². The van der Waals surface area contributed by atoms with Crippen molar-refractivity contribution in [3.05, 3.63) is 59.9 Å². The Bertz CT molecular complexity index is 696. The van der Waals surface area contributed by atoms with Gasteiger partial charge in [-0.1, -0.05) is 24.3 Å². The zero-order chi connectivity index (χ0) is 16.9. The highest BCUT2D eigenvalue weighted by Crippen LogP contribution is 2.22. The van der Waals surface area contributed by atoms with E-state index in [1.807, 2.05) is 6.92 Å². The minimum atomic E-state index is -0.315. The molecule has 0 saturated carbocycles. The Morgan fingerprint density at radius 2 is 1.75 bits per heavy atom. The lowest BCUT2D eigenvalue weighted by Gasteiger charge is -2.20. The molecule has 1 fully saturated rings. The largest absolute Gasteiger partial charge is 0.372 e. The van der Waals surface area contributed by atoms with Crippen LogP contribution in [-0.2, 0) is 0 Å². The molecular weight excluding hydrogens is 321 g/mol. The van der Waals surface area contributed by atoms with Crippen LogP contribution in [0.1, 0.15) is 31.4 Å². The predicted octanol–water partition coefficient (Wildman–Crippen LogP) is 4.47. The number of nitrogens with one attached hydrogen (secondary N) is 2. The first kappa shape index (κ1) is 16.7. The first-order chi connectivity index (χ1) is 11.6. The van der Waals surface area contributed by atoms with Crippen molar-refractivity contribution in [1.29, 1.82) is 0 Å². The molecule has 0 amide bonds. The van der Waals surface area contributed by atoms with E-state index in [1.165, 1.54) is 24.6 Å². The summed E-state index contributed by atoms with van der Waals surface area (Å²) in [6, 6.07) is 15.1. The van der Waals surface area contributed by atoms with Crippen LogP contribution in [0.15, 0.2) is 48.5 Å². The maximum Gasteiger partial charge on any atom is 0.171 e. The summed E-state index contributed by atoms with van der Waals surface area (Å²) in [4.78, 5) is 2.41. The molecule has 0 bridgehead atoms. The van der Waals surface area contributed by atoms with E-state index in [0.717, 1.165) is 18.7 Å². The molecule has 0 radical (unpaired) electrons. The second-order valence-electron chi connectivity index (χ2n) is 6.09. The summed E-state index contributed by atoms with van der Waals surface area (Å²) < 4.78 is 13.6. The fourth-order valence-electron chi connectivity index (χ4n) is 2.95. The molecule has 0 aliphatic carbocycles. The quantitative estimate of drug-likeness (QED) is 0.801. The van der Waals surface area contributed by atoms with Gasteiger partial charge in [0.05, 0.1) is 11.7 Å². The van der Waals surface area contributed by atoms with Crippen LogP contribution in [0.3, 0.4) is 0 Å². The molecule has 24 heavy (non-hydrogen) atoms. The van der Waals surface area contributed by atoms with Gasteiger partial charge in [0.25, 0.3) is 0 Å². The lowest BCUT2D eigenvalue weighted by Crippen LogP contribution is -2.31. The highest BCUT2D eigenvalue weighted by Gasteiger charge is 2.13. The first-order valence-corrected chi connectivity index (χ1v) is 8.71. The van der Waals surface area contributed by atoms with Crippen molar-refractivity contribution in [3.63, 3.8) is 0 Å². The number of nitrogens with zero attached hydrogens (tertiary/aromatic N) is 1. The number of rotatable bonds is 4. The molecule has 2 N–H and O–H groups in total. The Hall–Kier alpha value is -2.14. The molecule has 5 heteroatoms. The highest BCUT2D eigenvalue weighted by atomic mass is 32.1. The van der Waals surface area contributed by atoms with Crippen molar-refractivity contribution in [3.8, 4) is 0 Å². The van der Waals surface area contributed by atoms with Crippen LogP contribution >= 0.6 is 12.2 Å². The average molecular weight is 343 g/mol. The number of hydrogen-bond donors (Lipinski definition) is 2. The van der Waals surface area contributed by atoms with Crippen molar-refractivity contribution in [2.75, 3.05) is 23.3 Å². The average Bonchev–Trinajstić information content (AvgIpc) is 3.11. The number of para-hydroxylation sites is 1. The molecule has 1 aliphatic heterocycles. The van der Waals surface area contributed by atoms with E-state index in [9.17, 15) is 4.39 Å². The number of halogens is 1. The van der Waals surface area contributed by atoms with E-state index >= 15 is 0 Å². The minimum Gasteiger partial charge on any atom is -0.372 e. The Labute approximate surface area is 147 Å². The standard InChI is InChI=1S/C19H22FN3S/c1-14(21-19(24)22-18-7-3-2-6-17(18)20)15-8-10-16(11-9-15)23-12-4-5-13-23/h2-3,6-11,14H,4-5,12-13H2,1H3,(H2,21,22,24). The van der Waals surface area contributed by atoms with Crippen LogP contribution < -0.4 is 15.5 Å². The molecule has 1 aliphatic rings. The molecule has 1 heterocycles. The monoisotopic (exact) mass is 343 g/mol. The molecule has 0 spiro atoms. The summed E-state index contributed by atoms with van der Waals surface area (Å²) in [6.45, 7) is 4.33. The van der Waals surface area contributed by atoms with Crippen molar-refractivity contribution in [1.82, 2.24) is 5.32 Å². The van der Waals surface area contributed by atoms with Crippen molar-refractivity contribution in [2.24, 2.45) is 0 Å². The summed E-state index contributed by atoms with van der Waals surface area (Å²) in [5, 5.41) is 6.52. The van der Waals surface area contributed by atoms with Gasteiger partial charge in [0.15, 0.2) is 5.11 Å². The lowest BCUT2D eigenvalue weighted by molar-refractivity contribution is 0.631. The number of thiocarbonyl (C=S) groups is 1. The molecule has 0 aromatic heterocycles. The molecule has 126 valence electrons. The molecular formula is C19H22FN3S. The highest BCUT2D eigenvalue weighted by molar-refractivity contribution is 7.80. The Morgan fingerprint density at radius 1 is 1.08 bits per heavy atom. The fraction of sp³-hybridized carbons (Fsp3) is 0.316. The van der Waals surface area contributed by atoms with Gasteiger partial charge in [0, 0.05) is 18.8 Å². The van der Waals surface area contributed by atoms with E-state index in [4.69, 9.17) is 12.2 Å². The van der Waals surface area contributed by atoms with Crippen LogP contribution in [0.2, 0.25) is 0 Å². The Kier molecular flexibility index (Phi) is 5.30.